The first kappa shape index (κ1) is 14.5. The van der Waals surface area contributed by atoms with E-state index in [0.717, 1.165) is 42.0 Å². The Kier molecular flexibility index (Phi) is 4.43. The molecule has 2 nitrogen and oxygen atoms in total. The number of hydrogen-bond donors (Lipinski definition) is 1. The SMILES string of the molecule is CCC1CN(Cc2cc(F)cc(Br)c2)C(C2CC2)CN1. The average Bonchev–Trinajstić information content (AvgIpc) is 3.21. The second kappa shape index (κ2) is 6.12. The minimum absolute atomic E-state index is 0.153. The lowest BCUT2D eigenvalue weighted by Gasteiger charge is -2.40. The number of hydrogen-bond acceptors (Lipinski definition) is 2. The molecule has 0 aromatic heterocycles. The zero-order valence-corrected chi connectivity index (χ0v) is 13.5. The fourth-order valence-corrected chi connectivity index (χ4v) is 3.75. The summed E-state index contributed by atoms with van der Waals surface area (Å²) in [6.07, 6.45) is 3.86. The molecule has 2 unspecified atom stereocenters. The van der Waals surface area contributed by atoms with E-state index in [1.807, 2.05) is 6.07 Å². The Balaban J connectivity index is 1.74. The van der Waals surface area contributed by atoms with Crippen LogP contribution < -0.4 is 5.32 Å². The number of nitrogens with one attached hydrogen (secondary N) is 1. The van der Waals surface area contributed by atoms with Crippen LogP contribution in [0.15, 0.2) is 22.7 Å². The van der Waals surface area contributed by atoms with Crippen molar-refractivity contribution < 1.29 is 4.39 Å². The quantitative estimate of drug-likeness (QED) is 0.901. The van der Waals surface area contributed by atoms with Crippen molar-refractivity contribution in [2.24, 2.45) is 5.92 Å². The predicted molar refractivity (Wildman–Crippen MR) is 83.1 cm³/mol. The smallest absolute Gasteiger partial charge is 0.124 e. The fourth-order valence-electron chi connectivity index (χ4n) is 3.24. The molecule has 4 heteroatoms. The van der Waals surface area contributed by atoms with Crippen molar-refractivity contribution in [2.45, 2.75) is 44.8 Å². The highest BCUT2D eigenvalue weighted by Gasteiger charge is 2.38. The zero-order valence-electron chi connectivity index (χ0n) is 11.9. The highest BCUT2D eigenvalue weighted by atomic mass is 79.9. The third kappa shape index (κ3) is 3.41. The van der Waals surface area contributed by atoms with Gasteiger partial charge < -0.3 is 5.32 Å². The molecule has 0 radical (unpaired) electrons. The van der Waals surface area contributed by atoms with Gasteiger partial charge in [-0.1, -0.05) is 22.9 Å². The van der Waals surface area contributed by atoms with Gasteiger partial charge in [-0.3, -0.25) is 4.90 Å². The molecular weight excluding hydrogens is 319 g/mol. The maximum Gasteiger partial charge on any atom is 0.124 e. The molecule has 1 aromatic carbocycles. The van der Waals surface area contributed by atoms with Crippen molar-refractivity contribution >= 4 is 15.9 Å². The highest BCUT2D eigenvalue weighted by Crippen LogP contribution is 2.37. The van der Waals surface area contributed by atoms with Crippen molar-refractivity contribution in [2.75, 3.05) is 13.1 Å². The molecular formula is C16H22BrFN2. The van der Waals surface area contributed by atoms with E-state index in [1.54, 1.807) is 6.07 Å². The molecule has 1 aliphatic carbocycles. The van der Waals surface area contributed by atoms with E-state index < -0.39 is 0 Å². The van der Waals surface area contributed by atoms with E-state index in [9.17, 15) is 4.39 Å². The molecule has 2 aliphatic rings. The summed E-state index contributed by atoms with van der Waals surface area (Å²) >= 11 is 3.39. The van der Waals surface area contributed by atoms with Gasteiger partial charge in [0.2, 0.25) is 0 Å². The molecule has 110 valence electrons. The maximum atomic E-state index is 13.5. The molecule has 1 aliphatic heterocycles. The third-order valence-corrected chi connectivity index (χ3v) is 4.96. The molecule has 2 fully saturated rings. The summed E-state index contributed by atoms with van der Waals surface area (Å²) < 4.78 is 14.4. The molecule has 1 saturated carbocycles. The largest absolute Gasteiger partial charge is 0.311 e. The Morgan fingerprint density at radius 1 is 1.35 bits per heavy atom. The average molecular weight is 341 g/mol. The lowest BCUT2D eigenvalue weighted by molar-refractivity contribution is 0.106. The second-order valence-electron chi connectivity index (χ2n) is 6.13. The van der Waals surface area contributed by atoms with Crippen LogP contribution in [0.1, 0.15) is 31.7 Å². The van der Waals surface area contributed by atoms with Gasteiger partial charge in [-0.25, -0.2) is 4.39 Å². The molecule has 0 amide bonds. The standard InChI is InChI=1S/C16H22BrFN2/c1-2-15-10-20(16(8-19-15)12-3-4-12)9-11-5-13(17)7-14(18)6-11/h5-7,12,15-16,19H,2-4,8-10H2,1H3. The van der Waals surface area contributed by atoms with Gasteiger partial charge in [0.05, 0.1) is 0 Å². The minimum atomic E-state index is -0.153. The Morgan fingerprint density at radius 3 is 2.80 bits per heavy atom. The number of benzene rings is 1. The van der Waals surface area contributed by atoms with Crippen LogP contribution in [0.4, 0.5) is 4.39 Å². The van der Waals surface area contributed by atoms with Gasteiger partial charge in [0.1, 0.15) is 5.82 Å². The van der Waals surface area contributed by atoms with E-state index in [0.29, 0.717) is 12.1 Å². The van der Waals surface area contributed by atoms with Gasteiger partial charge in [0.15, 0.2) is 0 Å². The third-order valence-electron chi connectivity index (χ3n) is 4.51. The molecule has 1 aromatic rings. The van der Waals surface area contributed by atoms with E-state index in [1.165, 1.54) is 18.9 Å². The minimum Gasteiger partial charge on any atom is -0.311 e. The van der Waals surface area contributed by atoms with Crippen molar-refractivity contribution in [3.63, 3.8) is 0 Å². The summed E-state index contributed by atoms with van der Waals surface area (Å²) in [6.45, 7) is 5.24. The van der Waals surface area contributed by atoms with Crippen molar-refractivity contribution in [3.8, 4) is 0 Å². The van der Waals surface area contributed by atoms with Crippen molar-refractivity contribution in [1.82, 2.24) is 10.2 Å². The normalized spacial score (nSPS) is 27.8. The van der Waals surface area contributed by atoms with E-state index in [-0.39, 0.29) is 5.82 Å². The summed E-state index contributed by atoms with van der Waals surface area (Å²) in [5, 5.41) is 3.65. The van der Waals surface area contributed by atoms with Gasteiger partial charge in [-0.15, -0.1) is 0 Å². The van der Waals surface area contributed by atoms with Crippen LogP contribution in [0.5, 0.6) is 0 Å². The predicted octanol–water partition coefficient (Wildman–Crippen LogP) is 3.55. The lowest BCUT2D eigenvalue weighted by Crippen LogP contribution is -2.56. The van der Waals surface area contributed by atoms with Crippen molar-refractivity contribution in [3.05, 3.63) is 34.1 Å². The maximum absolute atomic E-state index is 13.5. The Morgan fingerprint density at radius 2 is 2.15 bits per heavy atom. The fraction of sp³-hybridized carbons (Fsp3) is 0.625. The molecule has 1 heterocycles. The Hall–Kier alpha value is -0.450. The molecule has 3 rings (SSSR count). The molecule has 2 atom stereocenters. The van der Waals surface area contributed by atoms with Crippen LogP contribution in [-0.2, 0) is 6.54 Å². The number of nitrogens with zero attached hydrogens (tertiary/aromatic N) is 1. The van der Waals surface area contributed by atoms with Crippen LogP contribution >= 0.6 is 15.9 Å². The van der Waals surface area contributed by atoms with E-state index in [2.05, 4.69) is 33.1 Å². The highest BCUT2D eigenvalue weighted by molar-refractivity contribution is 9.10. The molecule has 0 spiro atoms. The van der Waals surface area contributed by atoms with Crippen LogP contribution in [0, 0.1) is 11.7 Å². The lowest BCUT2D eigenvalue weighted by atomic mass is 10.0. The monoisotopic (exact) mass is 340 g/mol. The first-order chi connectivity index (χ1) is 9.65. The number of piperazine rings is 1. The zero-order chi connectivity index (χ0) is 14.1. The summed E-state index contributed by atoms with van der Waals surface area (Å²) in [7, 11) is 0. The summed E-state index contributed by atoms with van der Waals surface area (Å²) in [5.74, 6) is 0.692. The second-order valence-corrected chi connectivity index (χ2v) is 7.04. The number of halogens is 2. The molecule has 0 bridgehead atoms. The first-order valence-corrected chi connectivity index (χ1v) is 8.37. The number of rotatable bonds is 4. The molecule has 1 N–H and O–H groups in total. The van der Waals surface area contributed by atoms with Gasteiger partial charge in [-0.2, -0.15) is 0 Å². The topological polar surface area (TPSA) is 15.3 Å². The van der Waals surface area contributed by atoms with Crippen LogP contribution in [-0.4, -0.2) is 30.1 Å². The van der Waals surface area contributed by atoms with Gasteiger partial charge in [0, 0.05) is 36.2 Å². The van der Waals surface area contributed by atoms with Crippen LogP contribution in [0.2, 0.25) is 0 Å². The summed E-state index contributed by atoms with van der Waals surface area (Å²) in [4.78, 5) is 2.56. The van der Waals surface area contributed by atoms with E-state index >= 15 is 0 Å². The molecule has 1 saturated heterocycles. The van der Waals surface area contributed by atoms with Gasteiger partial charge >= 0.3 is 0 Å². The summed E-state index contributed by atoms with van der Waals surface area (Å²) in [6, 6.07) is 6.42. The molecule has 20 heavy (non-hydrogen) atoms. The van der Waals surface area contributed by atoms with Crippen molar-refractivity contribution in [1.29, 1.82) is 0 Å². The van der Waals surface area contributed by atoms with Gasteiger partial charge in [-0.05, 0) is 48.9 Å². The van der Waals surface area contributed by atoms with E-state index in [4.69, 9.17) is 0 Å². The Bertz CT molecular complexity index is 455. The Labute approximate surface area is 128 Å². The van der Waals surface area contributed by atoms with Crippen LogP contribution in [0.3, 0.4) is 0 Å². The summed E-state index contributed by atoms with van der Waals surface area (Å²) in [5.41, 5.74) is 1.07. The van der Waals surface area contributed by atoms with Crippen LogP contribution in [0.25, 0.3) is 0 Å². The first-order valence-electron chi connectivity index (χ1n) is 7.58. The van der Waals surface area contributed by atoms with Gasteiger partial charge in [0.25, 0.3) is 0 Å².